The first-order valence-corrected chi connectivity index (χ1v) is 5.72. The lowest BCUT2D eigenvalue weighted by molar-refractivity contribution is 0.229. The van der Waals surface area contributed by atoms with Crippen LogP contribution in [0.3, 0.4) is 0 Å². The van der Waals surface area contributed by atoms with E-state index in [2.05, 4.69) is 24.1 Å². The highest BCUT2D eigenvalue weighted by atomic mass is 15.1. The van der Waals surface area contributed by atoms with Crippen molar-refractivity contribution in [1.82, 2.24) is 10.2 Å². The predicted molar refractivity (Wildman–Crippen MR) is 60.2 cm³/mol. The summed E-state index contributed by atoms with van der Waals surface area (Å²) in [4.78, 5) is 2.57. The highest BCUT2D eigenvalue weighted by molar-refractivity contribution is 4.62. The lowest BCUT2D eigenvalue weighted by Crippen LogP contribution is -2.30. The maximum absolute atomic E-state index is 2.93. The molecular formula is C11H26N2. The normalized spacial score (nSPS) is 17.8. The largest absolute Gasteiger partial charge is 0.320 e. The van der Waals surface area contributed by atoms with Gasteiger partial charge in [-0.15, -0.1) is 0 Å². The molecule has 0 aromatic carbocycles. The van der Waals surface area contributed by atoms with Crippen molar-refractivity contribution in [1.29, 1.82) is 0 Å². The number of hydrogen-bond acceptors (Lipinski definition) is 2. The molecule has 80 valence electrons. The van der Waals surface area contributed by atoms with Crippen molar-refractivity contribution >= 4 is 0 Å². The van der Waals surface area contributed by atoms with Crippen molar-refractivity contribution in [2.75, 3.05) is 33.2 Å². The Hall–Kier alpha value is -0.0800. The smallest absolute Gasteiger partial charge is 0.00187 e. The fraction of sp³-hybridized carbons (Fsp3) is 1.00. The first-order chi connectivity index (χ1) is 6.35. The molecule has 0 saturated carbocycles. The Kier molecular flexibility index (Phi) is 9.94. The molecule has 0 atom stereocenters. The zero-order valence-electron chi connectivity index (χ0n) is 9.60. The van der Waals surface area contributed by atoms with Crippen LogP contribution in [-0.4, -0.2) is 38.1 Å². The van der Waals surface area contributed by atoms with Crippen LogP contribution >= 0.6 is 0 Å². The molecule has 2 nitrogen and oxygen atoms in total. The SMILES string of the molecule is CCCN1CCCCC1.CCNC. The molecule has 1 heterocycles. The van der Waals surface area contributed by atoms with Gasteiger partial charge in [-0.25, -0.2) is 0 Å². The molecule has 0 aromatic rings. The molecule has 0 spiro atoms. The number of likely N-dealkylation sites (tertiary alicyclic amines) is 1. The highest BCUT2D eigenvalue weighted by Gasteiger charge is 2.07. The van der Waals surface area contributed by atoms with Crippen LogP contribution in [0, 0.1) is 0 Å². The van der Waals surface area contributed by atoms with Crippen LogP contribution < -0.4 is 5.32 Å². The van der Waals surface area contributed by atoms with Gasteiger partial charge in [0.25, 0.3) is 0 Å². The van der Waals surface area contributed by atoms with Gasteiger partial charge in [-0.05, 0) is 52.5 Å². The van der Waals surface area contributed by atoms with Crippen LogP contribution in [0.5, 0.6) is 0 Å². The monoisotopic (exact) mass is 186 g/mol. The summed E-state index contributed by atoms with van der Waals surface area (Å²) in [7, 11) is 1.93. The van der Waals surface area contributed by atoms with Crippen molar-refractivity contribution in [3.05, 3.63) is 0 Å². The lowest BCUT2D eigenvalue weighted by atomic mass is 10.1. The van der Waals surface area contributed by atoms with E-state index in [1.165, 1.54) is 45.3 Å². The third kappa shape index (κ3) is 8.26. The summed E-state index contributed by atoms with van der Waals surface area (Å²) in [5.74, 6) is 0. The van der Waals surface area contributed by atoms with E-state index in [9.17, 15) is 0 Å². The number of nitrogens with one attached hydrogen (secondary N) is 1. The quantitative estimate of drug-likeness (QED) is 0.726. The average molecular weight is 186 g/mol. The van der Waals surface area contributed by atoms with E-state index in [1.54, 1.807) is 0 Å². The maximum Gasteiger partial charge on any atom is -0.00187 e. The van der Waals surface area contributed by atoms with Crippen LogP contribution in [-0.2, 0) is 0 Å². The van der Waals surface area contributed by atoms with Gasteiger partial charge in [-0.2, -0.15) is 0 Å². The van der Waals surface area contributed by atoms with Crippen molar-refractivity contribution in [2.24, 2.45) is 0 Å². The zero-order chi connectivity index (χ0) is 9.94. The van der Waals surface area contributed by atoms with E-state index >= 15 is 0 Å². The van der Waals surface area contributed by atoms with E-state index in [0.29, 0.717) is 0 Å². The fourth-order valence-electron chi connectivity index (χ4n) is 1.50. The first-order valence-electron chi connectivity index (χ1n) is 5.72. The average Bonchev–Trinajstić information content (AvgIpc) is 2.20. The van der Waals surface area contributed by atoms with Gasteiger partial charge in [0, 0.05) is 0 Å². The zero-order valence-corrected chi connectivity index (χ0v) is 9.60. The molecule has 1 fully saturated rings. The van der Waals surface area contributed by atoms with E-state index in [0.717, 1.165) is 6.54 Å². The molecule has 0 bridgehead atoms. The maximum atomic E-state index is 2.93. The molecule has 1 rings (SSSR count). The topological polar surface area (TPSA) is 15.3 Å². The molecule has 1 N–H and O–H groups in total. The molecular weight excluding hydrogens is 160 g/mol. The van der Waals surface area contributed by atoms with Crippen molar-refractivity contribution < 1.29 is 0 Å². The third-order valence-electron chi connectivity index (χ3n) is 2.34. The summed E-state index contributed by atoms with van der Waals surface area (Å²) in [6.45, 7) is 9.43. The molecule has 0 amide bonds. The number of rotatable bonds is 3. The molecule has 0 unspecified atom stereocenters. The summed E-state index contributed by atoms with van der Waals surface area (Å²) in [5.41, 5.74) is 0. The Labute approximate surface area is 83.7 Å². The molecule has 0 radical (unpaired) electrons. The van der Waals surface area contributed by atoms with E-state index < -0.39 is 0 Å². The Morgan fingerprint density at radius 3 is 2.00 bits per heavy atom. The fourth-order valence-corrected chi connectivity index (χ4v) is 1.50. The number of piperidine rings is 1. The molecule has 13 heavy (non-hydrogen) atoms. The van der Waals surface area contributed by atoms with Crippen LogP contribution in [0.15, 0.2) is 0 Å². The van der Waals surface area contributed by atoms with E-state index in [-0.39, 0.29) is 0 Å². The predicted octanol–water partition coefficient (Wildman–Crippen LogP) is 2.11. The molecule has 1 saturated heterocycles. The minimum Gasteiger partial charge on any atom is -0.320 e. The van der Waals surface area contributed by atoms with Gasteiger partial charge in [0.1, 0.15) is 0 Å². The Morgan fingerprint density at radius 2 is 1.62 bits per heavy atom. The van der Waals surface area contributed by atoms with Crippen LogP contribution in [0.1, 0.15) is 39.5 Å². The number of hydrogen-bond donors (Lipinski definition) is 1. The Morgan fingerprint density at radius 1 is 1.08 bits per heavy atom. The van der Waals surface area contributed by atoms with Crippen LogP contribution in [0.25, 0.3) is 0 Å². The van der Waals surface area contributed by atoms with Crippen LogP contribution in [0.2, 0.25) is 0 Å². The summed E-state index contributed by atoms with van der Waals surface area (Å²) >= 11 is 0. The lowest BCUT2D eigenvalue weighted by Gasteiger charge is -2.25. The Balaban J connectivity index is 0.000000310. The summed E-state index contributed by atoms with van der Waals surface area (Å²) in [6.07, 6.45) is 5.64. The first kappa shape index (κ1) is 12.9. The van der Waals surface area contributed by atoms with Gasteiger partial charge in [0.15, 0.2) is 0 Å². The Bertz CT molecular complexity index is 83.3. The van der Waals surface area contributed by atoms with Gasteiger partial charge in [-0.1, -0.05) is 20.3 Å². The number of nitrogens with zero attached hydrogens (tertiary/aromatic N) is 1. The molecule has 0 aliphatic carbocycles. The minimum atomic E-state index is 1.07. The van der Waals surface area contributed by atoms with Gasteiger partial charge in [-0.3, -0.25) is 0 Å². The van der Waals surface area contributed by atoms with E-state index in [1.807, 2.05) is 7.05 Å². The van der Waals surface area contributed by atoms with Gasteiger partial charge in [0.2, 0.25) is 0 Å². The standard InChI is InChI=1S/C8H17N.C3H9N/c1-2-6-9-7-4-3-5-8-9;1-3-4-2/h2-8H2,1H3;4H,3H2,1-2H3. The second-order valence-electron chi connectivity index (χ2n) is 3.61. The molecule has 0 aromatic heterocycles. The van der Waals surface area contributed by atoms with Gasteiger partial charge < -0.3 is 10.2 Å². The summed E-state index contributed by atoms with van der Waals surface area (Å²) in [6, 6.07) is 0. The third-order valence-corrected chi connectivity index (χ3v) is 2.34. The second-order valence-corrected chi connectivity index (χ2v) is 3.61. The minimum absolute atomic E-state index is 1.07. The van der Waals surface area contributed by atoms with Gasteiger partial charge >= 0.3 is 0 Å². The van der Waals surface area contributed by atoms with Gasteiger partial charge in [0.05, 0.1) is 0 Å². The molecule has 1 aliphatic rings. The van der Waals surface area contributed by atoms with Crippen molar-refractivity contribution in [2.45, 2.75) is 39.5 Å². The summed E-state index contributed by atoms with van der Waals surface area (Å²) < 4.78 is 0. The second kappa shape index (κ2) is 10.0. The highest BCUT2D eigenvalue weighted by Crippen LogP contribution is 2.07. The van der Waals surface area contributed by atoms with Crippen molar-refractivity contribution in [3.63, 3.8) is 0 Å². The molecule has 1 aliphatic heterocycles. The van der Waals surface area contributed by atoms with E-state index in [4.69, 9.17) is 0 Å². The summed E-state index contributed by atoms with van der Waals surface area (Å²) in [5, 5.41) is 2.93. The van der Waals surface area contributed by atoms with Crippen molar-refractivity contribution in [3.8, 4) is 0 Å². The molecule has 2 heteroatoms. The van der Waals surface area contributed by atoms with Crippen LogP contribution in [0.4, 0.5) is 0 Å².